The minimum atomic E-state index is -0.423. The highest BCUT2D eigenvalue weighted by Crippen LogP contribution is 2.30. The number of carbonyl (C=O) groups excluding carboxylic acids is 2. The van der Waals surface area contributed by atoms with E-state index >= 15 is 0 Å². The summed E-state index contributed by atoms with van der Waals surface area (Å²) in [6.45, 7) is 7.77. The van der Waals surface area contributed by atoms with Crippen molar-refractivity contribution < 1.29 is 23.8 Å². The van der Waals surface area contributed by atoms with Gasteiger partial charge < -0.3 is 14.2 Å². The number of hydrogen-bond acceptors (Lipinski definition) is 5. The van der Waals surface area contributed by atoms with Crippen molar-refractivity contribution in [3.63, 3.8) is 0 Å². The zero-order valence-electron chi connectivity index (χ0n) is 14.8. The van der Waals surface area contributed by atoms with Gasteiger partial charge >= 0.3 is 11.9 Å². The SMILES string of the molecule is CCOC(=O)/C=C/O[C@@H]1CCCC(CCC(=O)OC(C)(C)C)C1. The van der Waals surface area contributed by atoms with E-state index in [1.807, 2.05) is 20.8 Å². The van der Waals surface area contributed by atoms with Crippen LogP contribution in [0.25, 0.3) is 0 Å². The lowest BCUT2D eigenvalue weighted by atomic mass is 9.84. The molecule has 0 spiro atoms. The third-order valence-electron chi connectivity index (χ3n) is 3.67. The maximum Gasteiger partial charge on any atom is 0.333 e. The zero-order valence-corrected chi connectivity index (χ0v) is 14.8. The van der Waals surface area contributed by atoms with E-state index in [1.54, 1.807) is 6.92 Å². The minimum Gasteiger partial charge on any atom is -0.498 e. The second-order valence-electron chi connectivity index (χ2n) is 6.97. The molecule has 2 atom stereocenters. The fraction of sp³-hybridized carbons (Fsp3) is 0.778. The van der Waals surface area contributed by atoms with Crippen LogP contribution in [-0.2, 0) is 23.8 Å². The second-order valence-corrected chi connectivity index (χ2v) is 6.97. The summed E-state index contributed by atoms with van der Waals surface area (Å²) >= 11 is 0. The van der Waals surface area contributed by atoms with Crippen molar-refractivity contribution in [3.05, 3.63) is 12.3 Å². The van der Waals surface area contributed by atoms with E-state index in [9.17, 15) is 9.59 Å². The quantitative estimate of drug-likeness (QED) is 0.405. The molecule has 0 saturated heterocycles. The third-order valence-corrected chi connectivity index (χ3v) is 3.67. The van der Waals surface area contributed by atoms with Crippen LogP contribution >= 0.6 is 0 Å². The van der Waals surface area contributed by atoms with Crippen molar-refractivity contribution in [2.45, 2.75) is 77.9 Å². The molecule has 5 heteroatoms. The molecule has 0 aromatic carbocycles. The lowest BCUT2D eigenvalue weighted by Crippen LogP contribution is -2.25. The van der Waals surface area contributed by atoms with E-state index < -0.39 is 5.60 Å². The van der Waals surface area contributed by atoms with Crippen LogP contribution in [0.15, 0.2) is 12.3 Å². The molecular formula is C18H30O5. The molecule has 0 amide bonds. The van der Waals surface area contributed by atoms with Crippen LogP contribution in [0.5, 0.6) is 0 Å². The molecule has 1 aliphatic carbocycles. The van der Waals surface area contributed by atoms with E-state index in [1.165, 1.54) is 12.3 Å². The van der Waals surface area contributed by atoms with Gasteiger partial charge in [-0.15, -0.1) is 0 Å². The monoisotopic (exact) mass is 326 g/mol. The fourth-order valence-electron chi connectivity index (χ4n) is 2.74. The molecule has 0 N–H and O–H groups in total. The lowest BCUT2D eigenvalue weighted by Gasteiger charge is -2.28. The van der Waals surface area contributed by atoms with Crippen LogP contribution in [0, 0.1) is 5.92 Å². The lowest BCUT2D eigenvalue weighted by molar-refractivity contribution is -0.155. The average Bonchev–Trinajstić information content (AvgIpc) is 2.44. The maximum atomic E-state index is 11.8. The van der Waals surface area contributed by atoms with Crippen LogP contribution in [-0.4, -0.2) is 30.3 Å². The van der Waals surface area contributed by atoms with Crippen LogP contribution in [0.2, 0.25) is 0 Å². The standard InChI is InChI=1S/C18H30O5/c1-5-21-16(19)11-12-22-15-8-6-7-14(13-15)9-10-17(20)23-18(2,3)4/h11-12,14-15H,5-10,13H2,1-4H3/b12-11+/t14?,15-/m1/s1. The highest BCUT2D eigenvalue weighted by atomic mass is 16.6. The Labute approximate surface area is 139 Å². The van der Waals surface area contributed by atoms with Crippen molar-refractivity contribution in [2.24, 2.45) is 5.92 Å². The van der Waals surface area contributed by atoms with Crippen molar-refractivity contribution in [1.82, 2.24) is 0 Å². The second kappa shape index (κ2) is 9.58. The number of hydrogen-bond donors (Lipinski definition) is 0. The molecule has 1 unspecified atom stereocenters. The first kappa shape index (κ1) is 19.5. The first-order valence-corrected chi connectivity index (χ1v) is 8.50. The minimum absolute atomic E-state index is 0.109. The highest BCUT2D eigenvalue weighted by molar-refractivity contribution is 5.81. The van der Waals surface area contributed by atoms with E-state index in [-0.39, 0.29) is 18.0 Å². The molecule has 0 aromatic heterocycles. The molecule has 0 aromatic rings. The van der Waals surface area contributed by atoms with Gasteiger partial charge in [-0.1, -0.05) is 6.42 Å². The maximum absolute atomic E-state index is 11.8. The Bertz CT molecular complexity index is 408. The molecule has 0 bridgehead atoms. The van der Waals surface area contributed by atoms with Crippen molar-refractivity contribution in [3.8, 4) is 0 Å². The Morgan fingerprint density at radius 3 is 2.61 bits per heavy atom. The molecule has 132 valence electrons. The number of carbonyl (C=O) groups is 2. The Morgan fingerprint density at radius 2 is 1.96 bits per heavy atom. The summed E-state index contributed by atoms with van der Waals surface area (Å²) in [6.07, 6.45) is 8.22. The van der Waals surface area contributed by atoms with Crippen LogP contribution in [0.4, 0.5) is 0 Å². The first-order valence-electron chi connectivity index (χ1n) is 8.50. The van der Waals surface area contributed by atoms with E-state index in [0.717, 1.165) is 32.1 Å². The summed E-state index contributed by atoms with van der Waals surface area (Å²) in [5.74, 6) is -0.0511. The number of esters is 2. The smallest absolute Gasteiger partial charge is 0.333 e. The Balaban J connectivity index is 2.29. The number of rotatable bonds is 7. The van der Waals surface area contributed by atoms with Gasteiger partial charge in [-0.25, -0.2) is 4.79 Å². The van der Waals surface area contributed by atoms with Gasteiger partial charge in [0.2, 0.25) is 0 Å². The molecule has 1 saturated carbocycles. The van der Waals surface area contributed by atoms with E-state index in [4.69, 9.17) is 14.2 Å². The molecule has 1 aliphatic rings. The van der Waals surface area contributed by atoms with Crippen molar-refractivity contribution in [1.29, 1.82) is 0 Å². The van der Waals surface area contributed by atoms with Gasteiger partial charge in [0.15, 0.2) is 0 Å². The number of ether oxygens (including phenoxy) is 3. The van der Waals surface area contributed by atoms with Gasteiger partial charge in [-0.05, 0) is 59.3 Å². The van der Waals surface area contributed by atoms with E-state index in [0.29, 0.717) is 18.9 Å². The summed E-state index contributed by atoms with van der Waals surface area (Å²) in [4.78, 5) is 23.0. The van der Waals surface area contributed by atoms with Gasteiger partial charge in [-0.2, -0.15) is 0 Å². The molecule has 0 aliphatic heterocycles. The first-order chi connectivity index (χ1) is 10.8. The summed E-state index contributed by atoms with van der Waals surface area (Å²) in [7, 11) is 0. The van der Waals surface area contributed by atoms with Crippen molar-refractivity contribution in [2.75, 3.05) is 6.61 Å². The summed E-state index contributed by atoms with van der Waals surface area (Å²) in [5, 5.41) is 0. The molecule has 0 heterocycles. The Kier molecular flexibility index (Phi) is 8.13. The highest BCUT2D eigenvalue weighted by Gasteiger charge is 2.24. The van der Waals surface area contributed by atoms with Gasteiger partial charge in [0.25, 0.3) is 0 Å². The van der Waals surface area contributed by atoms with Gasteiger partial charge in [0.05, 0.1) is 25.0 Å². The summed E-state index contributed by atoms with van der Waals surface area (Å²) < 4.78 is 15.8. The normalized spacial score (nSPS) is 21.9. The van der Waals surface area contributed by atoms with Gasteiger partial charge in [-0.3, -0.25) is 4.79 Å². The van der Waals surface area contributed by atoms with Crippen LogP contribution in [0.1, 0.15) is 66.2 Å². The van der Waals surface area contributed by atoms with Crippen LogP contribution < -0.4 is 0 Å². The molecule has 0 radical (unpaired) electrons. The largest absolute Gasteiger partial charge is 0.498 e. The zero-order chi connectivity index (χ0) is 17.3. The molecular weight excluding hydrogens is 296 g/mol. The molecule has 1 rings (SSSR count). The summed E-state index contributed by atoms with van der Waals surface area (Å²) in [5.41, 5.74) is -0.423. The fourth-order valence-corrected chi connectivity index (χ4v) is 2.74. The van der Waals surface area contributed by atoms with Crippen molar-refractivity contribution >= 4 is 11.9 Å². The average molecular weight is 326 g/mol. The predicted octanol–water partition coefficient (Wildman–Crippen LogP) is 3.76. The molecule has 1 fully saturated rings. The summed E-state index contributed by atoms with van der Waals surface area (Å²) in [6, 6.07) is 0. The molecule has 23 heavy (non-hydrogen) atoms. The Hall–Kier alpha value is -1.52. The third kappa shape index (κ3) is 9.26. The van der Waals surface area contributed by atoms with Gasteiger partial charge in [0.1, 0.15) is 5.60 Å². The van der Waals surface area contributed by atoms with Gasteiger partial charge in [0, 0.05) is 6.42 Å². The van der Waals surface area contributed by atoms with Crippen LogP contribution in [0.3, 0.4) is 0 Å². The Morgan fingerprint density at radius 1 is 1.22 bits per heavy atom. The topological polar surface area (TPSA) is 61.8 Å². The van der Waals surface area contributed by atoms with E-state index in [2.05, 4.69) is 0 Å². The molecule has 5 nitrogen and oxygen atoms in total. The predicted molar refractivity (Wildman–Crippen MR) is 87.7 cm³/mol.